The van der Waals surface area contributed by atoms with E-state index in [1.807, 2.05) is 0 Å². The molecule has 2 amide bonds. The van der Waals surface area contributed by atoms with E-state index in [0.717, 1.165) is 6.26 Å². The van der Waals surface area contributed by atoms with Gasteiger partial charge in [-0.05, 0) is 18.2 Å². The van der Waals surface area contributed by atoms with Gasteiger partial charge in [-0.25, -0.2) is 8.42 Å². The summed E-state index contributed by atoms with van der Waals surface area (Å²) in [6, 6.07) is 5.49. The summed E-state index contributed by atoms with van der Waals surface area (Å²) in [7, 11) is -3.32. The van der Waals surface area contributed by atoms with Crippen molar-refractivity contribution in [3.63, 3.8) is 0 Å². The molecule has 0 spiro atoms. The van der Waals surface area contributed by atoms with Crippen LogP contribution in [0.3, 0.4) is 0 Å². The number of rotatable bonds is 3. The number of hydrogen-bond donors (Lipinski definition) is 3. The highest BCUT2D eigenvalue weighted by Crippen LogP contribution is 2.15. The zero-order chi connectivity index (χ0) is 14.8. The molecule has 0 bridgehead atoms. The van der Waals surface area contributed by atoms with Crippen molar-refractivity contribution >= 4 is 27.3 Å². The molecule has 1 aromatic rings. The number of carbonyl (C=O) groups is 2. The average Bonchev–Trinajstić information content (AvgIpc) is 2.38. The highest BCUT2D eigenvalue weighted by molar-refractivity contribution is 7.90. The quantitative estimate of drug-likeness (QED) is 0.672. The molecule has 1 fully saturated rings. The van der Waals surface area contributed by atoms with Crippen molar-refractivity contribution in [2.75, 3.05) is 24.7 Å². The van der Waals surface area contributed by atoms with Gasteiger partial charge in [-0.3, -0.25) is 14.9 Å². The predicted octanol–water partition coefficient (Wildman–Crippen LogP) is -0.883. The SMILES string of the molecule is CS(=O)(=O)c1cccc(NC(=O)C2CNC(=O)CN2)c1. The summed E-state index contributed by atoms with van der Waals surface area (Å²) in [6.07, 6.45) is 1.10. The molecule has 0 aromatic heterocycles. The second kappa shape index (κ2) is 5.59. The van der Waals surface area contributed by atoms with Gasteiger partial charge in [-0.15, -0.1) is 0 Å². The lowest BCUT2D eigenvalue weighted by Crippen LogP contribution is -2.56. The number of carbonyl (C=O) groups excluding carboxylic acids is 2. The van der Waals surface area contributed by atoms with Gasteiger partial charge in [0.15, 0.2) is 9.84 Å². The molecule has 1 aromatic carbocycles. The molecule has 20 heavy (non-hydrogen) atoms. The van der Waals surface area contributed by atoms with Crippen LogP contribution >= 0.6 is 0 Å². The molecule has 0 radical (unpaired) electrons. The zero-order valence-electron chi connectivity index (χ0n) is 10.8. The number of anilines is 1. The van der Waals surface area contributed by atoms with Gasteiger partial charge >= 0.3 is 0 Å². The lowest BCUT2D eigenvalue weighted by Gasteiger charge is -2.23. The Labute approximate surface area is 116 Å². The fraction of sp³-hybridized carbons (Fsp3) is 0.333. The third-order valence-corrected chi connectivity index (χ3v) is 3.97. The van der Waals surface area contributed by atoms with E-state index < -0.39 is 15.9 Å². The minimum Gasteiger partial charge on any atom is -0.353 e. The van der Waals surface area contributed by atoms with Crippen LogP contribution in [0, 0.1) is 0 Å². The van der Waals surface area contributed by atoms with E-state index in [1.165, 1.54) is 12.1 Å². The predicted molar refractivity (Wildman–Crippen MR) is 73.0 cm³/mol. The molecule has 3 N–H and O–H groups in total. The summed E-state index contributed by atoms with van der Waals surface area (Å²) in [6.45, 7) is 0.290. The molecule has 7 nitrogen and oxygen atoms in total. The monoisotopic (exact) mass is 297 g/mol. The Hall–Kier alpha value is -1.93. The van der Waals surface area contributed by atoms with Crippen LogP contribution in [0.25, 0.3) is 0 Å². The van der Waals surface area contributed by atoms with Gasteiger partial charge < -0.3 is 10.6 Å². The second-order valence-corrected chi connectivity index (χ2v) is 6.54. The van der Waals surface area contributed by atoms with Crippen molar-refractivity contribution in [2.45, 2.75) is 10.9 Å². The molecular formula is C12H15N3O4S. The summed E-state index contributed by atoms with van der Waals surface area (Å²) < 4.78 is 22.9. The number of benzene rings is 1. The smallest absolute Gasteiger partial charge is 0.243 e. The van der Waals surface area contributed by atoms with Crippen molar-refractivity contribution in [3.8, 4) is 0 Å². The van der Waals surface area contributed by atoms with Gasteiger partial charge in [0.2, 0.25) is 11.8 Å². The van der Waals surface area contributed by atoms with Crippen molar-refractivity contribution in [1.82, 2.24) is 10.6 Å². The topological polar surface area (TPSA) is 104 Å². The molecule has 1 heterocycles. The van der Waals surface area contributed by atoms with Crippen LogP contribution in [0.4, 0.5) is 5.69 Å². The number of piperazine rings is 1. The van der Waals surface area contributed by atoms with E-state index >= 15 is 0 Å². The molecule has 1 aliphatic rings. The maximum atomic E-state index is 12.0. The maximum absolute atomic E-state index is 12.0. The van der Waals surface area contributed by atoms with E-state index in [-0.39, 0.29) is 29.8 Å². The van der Waals surface area contributed by atoms with Crippen molar-refractivity contribution < 1.29 is 18.0 Å². The van der Waals surface area contributed by atoms with Crippen LogP contribution in [-0.2, 0) is 19.4 Å². The van der Waals surface area contributed by atoms with E-state index in [4.69, 9.17) is 0 Å². The standard InChI is InChI=1S/C12H15N3O4S/c1-20(18,19)9-4-2-3-8(5-9)15-12(17)10-6-14-11(16)7-13-10/h2-5,10,13H,6-7H2,1H3,(H,14,16)(H,15,17). The Morgan fingerprint density at radius 1 is 1.40 bits per heavy atom. The first-order valence-corrected chi connectivity index (χ1v) is 7.86. The van der Waals surface area contributed by atoms with Crippen molar-refractivity contribution in [1.29, 1.82) is 0 Å². The minimum absolute atomic E-state index is 0.0848. The highest BCUT2D eigenvalue weighted by atomic mass is 32.2. The minimum atomic E-state index is -3.32. The normalized spacial score (nSPS) is 19.2. The van der Waals surface area contributed by atoms with E-state index in [9.17, 15) is 18.0 Å². The number of nitrogens with one attached hydrogen (secondary N) is 3. The summed E-state index contributed by atoms with van der Waals surface area (Å²) in [5.41, 5.74) is 0.400. The van der Waals surface area contributed by atoms with Crippen LogP contribution in [0.15, 0.2) is 29.2 Å². The highest BCUT2D eigenvalue weighted by Gasteiger charge is 2.23. The molecule has 8 heteroatoms. The summed E-state index contributed by atoms with van der Waals surface area (Å²) in [4.78, 5) is 23.1. The van der Waals surface area contributed by atoms with Gasteiger partial charge in [0.1, 0.15) is 6.04 Å². The van der Waals surface area contributed by atoms with E-state index in [0.29, 0.717) is 5.69 Å². The maximum Gasteiger partial charge on any atom is 0.243 e. The Kier molecular flexibility index (Phi) is 4.05. The molecule has 1 aliphatic heterocycles. The fourth-order valence-corrected chi connectivity index (χ4v) is 2.45. The van der Waals surface area contributed by atoms with Crippen molar-refractivity contribution in [3.05, 3.63) is 24.3 Å². The third kappa shape index (κ3) is 3.55. The van der Waals surface area contributed by atoms with Crippen LogP contribution in [0.1, 0.15) is 0 Å². The van der Waals surface area contributed by atoms with Gasteiger partial charge in [0, 0.05) is 18.5 Å². The second-order valence-electron chi connectivity index (χ2n) is 4.53. The molecule has 1 unspecified atom stereocenters. The lowest BCUT2D eigenvalue weighted by molar-refractivity contribution is -0.124. The summed E-state index contributed by atoms with van der Waals surface area (Å²) in [5, 5.41) is 7.99. The van der Waals surface area contributed by atoms with Gasteiger partial charge in [-0.2, -0.15) is 0 Å². The summed E-state index contributed by atoms with van der Waals surface area (Å²) in [5.74, 6) is -0.483. The van der Waals surface area contributed by atoms with Crippen molar-refractivity contribution in [2.24, 2.45) is 0 Å². The Bertz CT molecular complexity index is 632. The third-order valence-electron chi connectivity index (χ3n) is 2.86. The zero-order valence-corrected chi connectivity index (χ0v) is 11.7. The van der Waals surface area contributed by atoms with Gasteiger partial charge in [0.05, 0.1) is 11.4 Å². The number of sulfone groups is 1. The largest absolute Gasteiger partial charge is 0.353 e. The molecule has 1 saturated heterocycles. The number of hydrogen-bond acceptors (Lipinski definition) is 5. The molecule has 1 atom stereocenters. The Morgan fingerprint density at radius 2 is 2.15 bits per heavy atom. The lowest BCUT2D eigenvalue weighted by atomic mass is 10.2. The molecule has 2 rings (SSSR count). The molecular weight excluding hydrogens is 282 g/mol. The molecule has 108 valence electrons. The van der Waals surface area contributed by atoms with Crippen LogP contribution in [0.5, 0.6) is 0 Å². The number of amides is 2. The first-order valence-electron chi connectivity index (χ1n) is 5.97. The van der Waals surface area contributed by atoms with E-state index in [2.05, 4.69) is 16.0 Å². The fourth-order valence-electron chi connectivity index (χ4n) is 1.79. The van der Waals surface area contributed by atoms with Crippen LogP contribution in [0.2, 0.25) is 0 Å². The average molecular weight is 297 g/mol. The molecule has 0 saturated carbocycles. The Morgan fingerprint density at radius 3 is 2.75 bits per heavy atom. The van der Waals surface area contributed by atoms with Crippen LogP contribution in [-0.4, -0.2) is 45.6 Å². The van der Waals surface area contributed by atoms with Gasteiger partial charge in [0.25, 0.3) is 0 Å². The van der Waals surface area contributed by atoms with Crippen LogP contribution < -0.4 is 16.0 Å². The first kappa shape index (κ1) is 14.5. The van der Waals surface area contributed by atoms with E-state index in [1.54, 1.807) is 12.1 Å². The summed E-state index contributed by atoms with van der Waals surface area (Å²) >= 11 is 0. The first-order chi connectivity index (χ1) is 9.36. The van der Waals surface area contributed by atoms with Gasteiger partial charge in [-0.1, -0.05) is 6.07 Å². The molecule has 0 aliphatic carbocycles. The Balaban J connectivity index is 2.06.